The van der Waals surface area contributed by atoms with Crippen LogP contribution >= 0.6 is 23.2 Å². The van der Waals surface area contributed by atoms with E-state index in [0.29, 0.717) is 24.7 Å². The van der Waals surface area contributed by atoms with Gasteiger partial charge in [-0.3, -0.25) is 0 Å². The lowest BCUT2D eigenvalue weighted by Crippen LogP contribution is -2.38. The largest absolute Gasteiger partial charge is 0.396 e. The molecule has 0 fully saturated rings. The zero-order valence-corrected chi connectivity index (χ0v) is 13.7. The van der Waals surface area contributed by atoms with E-state index in [1.54, 1.807) is 0 Å². The second kappa shape index (κ2) is 6.59. The van der Waals surface area contributed by atoms with Crippen LogP contribution in [-0.2, 0) is 16.8 Å². The fourth-order valence-electron chi connectivity index (χ4n) is 3.30. The molecule has 1 aliphatic rings. The minimum Gasteiger partial charge on any atom is -0.396 e. The third-order valence-electron chi connectivity index (χ3n) is 4.35. The maximum atomic E-state index is 9.31. The maximum absolute atomic E-state index is 9.31. The second-order valence-electron chi connectivity index (χ2n) is 5.71. The summed E-state index contributed by atoms with van der Waals surface area (Å²) in [6.07, 6.45) is 1.54. The van der Waals surface area contributed by atoms with E-state index < -0.39 is 0 Å². The first-order chi connectivity index (χ1) is 10.7. The monoisotopic (exact) mass is 336 g/mol. The Kier molecular flexibility index (Phi) is 4.74. The van der Waals surface area contributed by atoms with Crippen molar-refractivity contribution in [2.45, 2.75) is 24.9 Å². The van der Waals surface area contributed by atoms with Crippen LogP contribution in [-0.4, -0.2) is 18.3 Å². The quantitative estimate of drug-likeness (QED) is 0.885. The smallest absolute Gasteiger partial charge is 0.0720 e. The predicted octanol–water partition coefficient (Wildman–Crippen LogP) is 4.58. The topological polar surface area (TPSA) is 29.5 Å². The van der Waals surface area contributed by atoms with Gasteiger partial charge in [0, 0.05) is 22.1 Å². The van der Waals surface area contributed by atoms with Crippen molar-refractivity contribution in [3.63, 3.8) is 0 Å². The number of halogens is 2. The van der Waals surface area contributed by atoms with Crippen molar-refractivity contribution in [1.29, 1.82) is 0 Å². The first-order valence-electron chi connectivity index (χ1n) is 7.39. The van der Waals surface area contributed by atoms with E-state index in [2.05, 4.69) is 6.07 Å². The van der Waals surface area contributed by atoms with Crippen molar-refractivity contribution < 1.29 is 9.84 Å². The fraction of sp³-hybridized carbons (Fsp3) is 0.333. The lowest BCUT2D eigenvalue weighted by atomic mass is 9.69. The summed E-state index contributed by atoms with van der Waals surface area (Å²) >= 11 is 12.2. The van der Waals surface area contributed by atoms with Gasteiger partial charge in [-0.2, -0.15) is 0 Å². The molecule has 116 valence electrons. The van der Waals surface area contributed by atoms with Gasteiger partial charge in [0.05, 0.1) is 13.2 Å². The molecule has 2 aromatic carbocycles. The van der Waals surface area contributed by atoms with Crippen molar-refractivity contribution in [2.24, 2.45) is 0 Å². The summed E-state index contributed by atoms with van der Waals surface area (Å²) in [5.41, 5.74) is 3.25. The van der Waals surface area contributed by atoms with Gasteiger partial charge >= 0.3 is 0 Å². The molecule has 1 aliphatic heterocycles. The molecule has 0 saturated carbocycles. The number of hydrogen-bond acceptors (Lipinski definition) is 2. The Morgan fingerprint density at radius 3 is 2.50 bits per heavy atom. The zero-order valence-electron chi connectivity index (χ0n) is 12.2. The first kappa shape index (κ1) is 15.8. The lowest BCUT2D eigenvalue weighted by Gasteiger charge is -2.40. The highest BCUT2D eigenvalue weighted by Gasteiger charge is 2.38. The van der Waals surface area contributed by atoms with Crippen molar-refractivity contribution >= 4 is 23.2 Å². The van der Waals surface area contributed by atoms with Gasteiger partial charge in [-0.05, 0) is 53.8 Å². The Morgan fingerprint density at radius 1 is 1.05 bits per heavy atom. The van der Waals surface area contributed by atoms with Crippen LogP contribution in [0.3, 0.4) is 0 Å². The molecule has 4 heteroatoms. The van der Waals surface area contributed by atoms with Crippen LogP contribution in [0.1, 0.15) is 29.5 Å². The van der Waals surface area contributed by atoms with Gasteiger partial charge in [0.2, 0.25) is 0 Å². The Labute approximate surface area is 140 Å². The molecule has 1 N–H and O–H groups in total. The molecule has 3 rings (SSSR count). The van der Waals surface area contributed by atoms with E-state index in [0.717, 1.165) is 22.6 Å². The van der Waals surface area contributed by atoms with Crippen LogP contribution in [0.5, 0.6) is 0 Å². The number of aliphatic hydroxyl groups excluding tert-OH is 1. The molecule has 0 aromatic heterocycles. The zero-order chi connectivity index (χ0) is 15.6. The van der Waals surface area contributed by atoms with Gasteiger partial charge in [0.15, 0.2) is 0 Å². The summed E-state index contributed by atoms with van der Waals surface area (Å²) in [5.74, 6) is 0. The van der Waals surface area contributed by atoms with Crippen molar-refractivity contribution in [1.82, 2.24) is 0 Å². The fourth-order valence-corrected chi connectivity index (χ4v) is 3.62. The normalized spacial score (nSPS) is 20.7. The molecule has 0 bridgehead atoms. The molecule has 0 saturated heterocycles. The van der Waals surface area contributed by atoms with Crippen molar-refractivity contribution in [2.75, 3.05) is 13.2 Å². The van der Waals surface area contributed by atoms with Crippen LogP contribution < -0.4 is 0 Å². The molecule has 1 heterocycles. The molecule has 0 spiro atoms. The summed E-state index contributed by atoms with van der Waals surface area (Å²) in [5, 5.41) is 10.7. The van der Waals surface area contributed by atoms with Gasteiger partial charge in [0.25, 0.3) is 0 Å². The van der Waals surface area contributed by atoms with Crippen molar-refractivity contribution in [3.8, 4) is 0 Å². The highest BCUT2D eigenvalue weighted by Crippen LogP contribution is 2.43. The van der Waals surface area contributed by atoms with E-state index in [9.17, 15) is 5.11 Å². The summed E-state index contributed by atoms with van der Waals surface area (Å²) in [6, 6.07) is 13.9. The van der Waals surface area contributed by atoms with E-state index in [4.69, 9.17) is 27.9 Å². The Balaban J connectivity index is 2.13. The maximum Gasteiger partial charge on any atom is 0.0720 e. The van der Waals surface area contributed by atoms with E-state index in [-0.39, 0.29) is 12.0 Å². The summed E-state index contributed by atoms with van der Waals surface area (Å²) in [6.45, 7) is 1.34. The first-order valence-corrected chi connectivity index (χ1v) is 8.15. The Hall–Kier alpha value is -1.06. The van der Waals surface area contributed by atoms with Crippen molar-refractivity contribution in [3.05, 3.63) is 69.2 Å². The molecule has 0 radical (unpaired) electrons. The molecule has 22 heavy (non-hydrogen) atoms. The minimum atomic E-state index is -0.258. The van der Waals surface area contributed by atoms with Gasteiger partial charge in [-0.25, -0.2) is 0 Å². The van der Waals surface area contributed by atoms with Crippen LogP contribution in [0.2, 0.25) is 10.0 Å². The molecule has 2 aromatic rings. The van der Waals surface area contributed by atoms with Crippen LogP contribution in [0.15, 0.2) is 42.5 Å². The third kappa shape index (κ3) is 2.89. The third-order valence-corrected chi connectivity index (χ3v) is 4.83. The number of hydrogen-bond donors (Lipinski definition) is 1. The van der Waals surface area contributed by atoms with Gasteiger partial charge in [0.1, 0.15) is 0 Å². The number of rotatable bonds is 4. The van der Waals surface area contributed by atoms with E-state index >= 15 is 0 Å². The summed E-state index contributed by atoms with van der Waals surface area (Å²) < 4.78 is 5.88. The molecule has 0 amide bonds. The number of benzene rings is 2. The molecule has 2 nitrogen and oxygen atoms in total. The average molecular weight is 337 g/mol. The molecule has 0 aliphatic carbocycles. The van der Waals surface area contributed by atoms with Gasteiger partial charge < -0.3 is 9.84 Å². The van der Waals surface area contributed by atoms with Crippen LogP contribution in [0, 0.1) is 0 Å². The lowest BCUT2D eigenvalue weighted by molar-refractivity contribution is 0.0594. The van der Waals surface area contributed by atoms with Crippen LogP contribution in [0.25, 0.3) is 0 Å². The highest BCUT2D eigenvalue weighted by molar-refractivity contribution is 6.30. The minimum absolute atomic E-state index is 0.165. The standard InChI is InChI=1S/C18H18Cl2O2/c19-15-4-2-14(3-5-15)18(8-1-9-21)12-22-11-13-10-16(20)6-7-17(13)18/h2-7,10,21H,1,8-9,11-12H2. The molecular weight excluding hydrogens is 319 g/mol. The molecule has 1 atom stereocenters. The van der Waals surface area contributed by atoms with E-state index in [1.165, 1.54) is 5.56 Å². The predicted molar refractivity (Wildman–Crippen MR) is 89.7 cm³/mol. The summed E-state index contributed by atoms with van der Waals surface area (Å²) in [4.78, 5) is 0. The molecular formula is C18H18Cl2O2. The second-order valence-corrected chi connectivity index (χ2v) is 6.58. The van der Waals surface area contributed by atoms with E-state index in [1.807, 2.05) is 36.4 Å². The number of aliphatic hydroxyl groups is 1. The summed E-state index contributed by atoms with van der Waals surface area (Å²) in [7, 11) is 0. The SMILES string of the molecule is OCCCC1(c2ccc(Cl)cc2)COCc2cc(Cl)ccc21. The van der Waals surface area contributed by atoms with Gasteiger partial charge in [-0.15, -0.1) is 0 Å². The number of fused-ring (bicyclic) bond motifs is 1. The molecule has 1 unspecified atom stereocenters. The highest BCUT2D eigenvalue weighted by atomic mass is 35.5. The Morgan fingerprint density at radius 2 is 1.77 bits per heavy atom. The van der Waals surface area contributed by atoms with Gasteiger partial charge in [-0.1, -0.05) is 41.4 Å². The Bertz CT molecular complexity index is 655. The average Bonchev–Trinajstić information content (AvgIpc) is 2.53. The van der Waals surface area contributed by atoms with Crippen LogP contribution in [0.4, 0.5) is 0 Å². The number of ether oxygens (including phenoxy) is 1.